The molecule has 0 aliphatic heterocycles. The van der Waals surface area contributed by atoms with E-state index in [0.29, 0.717) is 18.9 Å². The van der Waals surface area contributed by atoms with E-state index >= 15 is 0 Å². The van der Waals surface area contributed by atoms with Crippen LogP contribution in [0.4, 0.5) is 0 Å². The number of fused-ring (bicyclic) bond motifs is 1. The maximum absolute atomic E-state index is 11.0. The van der Waals surface area contributed by atoms with E-state index < -0.39 is 5.97 Å². The first kappa shape index (κ1) is 21.6. The molecule has 4 rings (SSSR count). The highest BCUT2D eigenvalue weighted by molar-refractivity contribution is 5.70. The van der Waals surface area contributed by atoms with E-state index in [-0.39, 0.29) is 6.42 Å². The summed E-state index contributed by atoms with van der Waals surface area (Å²) in [6.07, 6.45) is 10.2. The van der Waals surface area contributed by atoms with Gasteiger partial charge in [-0.3, -0.25) is 9.78 Å². The predicted molar refractivity (Wildman–Crippen MR) is 128 cm³/mol. The zero-order valence-corrected chi connectivity index (χ0v) is 18.2. The van der Waals surface area contributed by atoms with Crippen molar-refractivity contribution in [1.82, 2.24) is 4.98 Å². The fourth-order valence-electron chi connectivity index (χ4n) is 3.90. The van der Waals surface area contributed by atoms with Crippen LogP contribution in [-0.4, -0.2) is 16.1 Å². The Bertz CT molecular complexity index is 1150. The highest BCUT2D eigenvalue weighted by Crippen LogP contribution is 2.28. The second-order valence-electron chi connectivity index (χ2n) is 8.12. The average molecular weight is 426 g/mol. The van der Waals surface area contributed by atoms with Gasteiger partial charge in [0.15, 0.2) is 0 Å². The number of hydrogen-bond acceptors (Lipinski definition) is 3. The Kier molecular flexibility index (Phi) is 6.81. The topological polar surface area (TPSA) is 59.4 Å². The molecule has 1 aliphatic rings. The standard InChI is InChI=1S/C28H27NO3/c1-20-6-4-11-23-14-15-25(29-28(20)23)19-32-26-16-12-21(13-17-26)7-5-10-22-8-2-3-9-24(22)18-27(30)31/h2-5,7-9,11-17,20H,6,10,18-19H2,1H3,(H,30,31)/b7-5+. The Hall–Kier alpha value is -3.66. The van der Waals surface area contributed by atoms with Gasteiger partial charge in [-0.25, -0.2) is 0 Å². The van der Waals surface area contributed by atoms with Gasteiger partial charge in [0.2, 0.25) is 0 Å². The molecule has 2 aromatic carbocycles. The maximum Gasteiger partial charge on any atom is 0.307 e. The largest absolute Gasteiger partial charge is 0.487 e. The molecule has 4 heteroatoms. The molecule has 1 atom stereocenters. The molecular formula is C28H27NO3. The fourth-order valence-corrected chi connectivity index (χ4v) is 3.90. The second-order valence-corrected chi connectivity index (χ2v) is 8.12. The van der Waals surface area contributed by atoms with Crippen molar-refractivity contribution in [2.75, 3.05) is 0 Å². The minimum Gasteiger partial charge on any atom is -0.487 e. The molecular weight excluding hydrogens is 398 g/mol. The van der Waals surface area contributed by atoms with Gasteiger partial charge in [0.25, 0.3) is 0 Å². The number of carbonyl (C=O) groups is 1. The van der Waals surface area contributed by atoms with Gasteiger partial charge >= 0.3 is 5.97 Å². The Morgan fingerprint density at radius 3 is 2.66 bits per heavy atom. The summed E-state index contributed by atoms with van der Waals surface area (Å²) in [4.78, 5) is 15.8. The van der Waals surface area contributed by atoms with Crippen molar-refractivity contribution < 1.29 is 14.6 Å². The van der Waals surface area contributed by atoms with Crippen LogP contribution in [0.15, 0.2) is 72.8 Å². The van der Waals surface area contributed by atoms with Crippen LogP contribution in [0.25, 0.3) is 12.2 Å². The molecule has 3 aromatic rings. The second kappa shape index (κ2) is 10.1. The number of rotatable bonds is 8. The number of carboxylic acids is 1. The third kappa shape index (κ3) is 5.52. The lowest BCUT2D eigenvalue weighted by Gasteiger charge is -2.17. The van der Waals surface area contributed by atoms with Gasteiger partial charge < -0.3 is 9.84 Å². The monoisotopic (exact) mass is 425 g/mol. The number of hydrogen-bond donors (Lipinski definition) is 1. The van der Waals surface area contributed by atoms with E-state index in [9.17, 15) is 4.79 Å². The highest BCUT2D eigenvalue weighted by Gasteiger charge is 2.14. The highest BCUT2D eigenvalue weighted by atomic mass is 16.5. The minimum absolute atomic E-state index is 0.0464. The zero-order chi connectivity index (χ0) is 22.3. The van der Waals surface area contributed by atoms with Crippen molar-refractivity contribution in [3.05, 3.63) is 106 Å². The first-order chi connectivity index (χ1) is 15.6. The molecule has 0 radical (unpaired) electrons. The van der Waals surface area contributed by atoms with Crippen LogP contribution < -0.4 is 4.74 Å². The molecule has 1 aromatic heterocycles. The molecule has 0 amide bonds. The molecule has 1 heterocycles. The summed E-state index contributed by atoms with van der Waals surface area (Å²) >= 11 is 0. The van der Waals surface area contributed by atoms with Crippen LogP contribution in [0, 0.1) is 0 Å². The van der Waals surface area contributed by atoms with Gasteiger partial charge in [-0.1, -0.05) is 73.7 Å². The molecule has 162 valence electrons. The number of aromatic nitrogens is 1. The summed E-state index contributed by atoms with van der Waals surface area (Å²) in [6, 6.07) is 19.8. The summed E-state index contributed by atoms with van der Waals surface area (Å²) in [7, 11) is 0. The number of aliphatic carboxylic acids is 1. The number of benzene rings is 2. The van der Waals surface area contributed by atoms with E-state index in [4.69, 9.17) is 14.8 Å². The number of carboxylic acid groups (broad SMARTS) is 1. The van der Waals surface area contributed by atoms with Crippen molar-refractivity contribution >= 4 is 18.1 Å². The number of nitrogens with zero attached hydrogens (tertiary/aromatic N) is 1. The average Bonchev–Trinajstić information content (AvgIpc) is 2.80. The van der Waals surface area contributed by atoms with E-state index in [1.54, 1.807) is 0 Å². The van der Waals surface area contributed by atoms with Gasteiger partial charge in [-0.05, 0) is 53.3 Å². The van der Waals surface area contributed by atoms with Crippen LogP contribution in [0.3, 0.4) is 0 Å². The molecule has 0 bridgehead atoms. The van der Waals surface area contributed by atoms with Crippen molar-refractivity contribution in [1.29, 1.82) is 0 Å². The zero-order valence-electron chi connectivity index (χ0n) is 18.2. The molecule has 32 heavy (non-hydrogen) atoms. The molecule has 0 saturated heterocycles. The van der Waals surface area contributed by atoms with E-state index in [1.807, 2.05) is 60.7 Å². The first-order valence-electron chi connectivity index (χ1n) is 10.9. The minimum atomic E-state index is -0.811. The maximum atomic E-state index is 11.0. The summed E-state index contributed by atoms with van der Waals surface area (Å²) in [5.74, 6) is 0.437. The normalized spacial score (nSPS) is 15.0. The van der Waals surface area contributed by atoms with Crippen LogP contribution in [-0.2, 0) is 24.2 Å². The third-order valence-electron chi connectivity index (χ3n) is 5.64. The van der Waals surface area contributed by atoms with Gasteiger partial charge in [0, 0.05) is 5.92 Å². The summed E-state index contributed by atoms with van der Waals surface area (Å²) in [5.41, 5.74) is 6.26. The van der Waals surface area contributed by atoms with E-state index in [2.05, 4.69) is 31.2 Å². The number of allylic oxidation sites excluding steroid dienone is 2. The summed E-state index contributed by atoms with van der Waals surface area (Å²) in [5, 5.41) is 9.06. The SMILES string of the molecule is CC1CC=Cc2ccc(COc3ccc(/C=C/Cc4ccccc4CC(=O)O)cc3)nc21. The van der Waals surface area contributed by atoms with E-state index in [0.717, 1.165) is 40.2 Å². The molecule has 1 unspecified atom stereocenters. The predicted octanol–water partition coefficient (Wildman–Crippen LogP) is 6.06. The van der Waals surface area contributed by atoms with Crippen LogP contribution in [0.2, 0.25) is 0 Å². The lowest BCUT2D eigenvalue weighted by Crippen LogP contribution is -2.07. The molecule has 0 fully saturated rings. The van der Waals surface area contributed by atoms with Crippen molar-refractivity contribution in [3.63, 3.8) is 0 Å². The fraction of sp³-hybridized carbons (Fsp3) is 0.214. The van der Waals surface area contributed by atoms with Crippen molar-refractivity contribution in [3.8, 4) is 5.75 Å². The molecule has 0 spiro atoms. The quantitative estimate of drug-likeness (QED) is 0.476. The summed E-state index contributed by atoms with van der Waals surface area (Å²) in [6.45, 7) is 2.65. The lowest BCUT2D eigenvalue weighted by molar-refractivity contribution is -0.136. The van der Waals surface area contributed by atoms with Crippen molar-refractivity contribution in [2.24, 2.45) is 0 Å². The third-order valence-corrected chi connectivity index (χ3v) is 5.64. The van der Waals surface area contributed by atoms with Crippen molar-refractivity contribution in [2.45, 2.75) is 38.7 Å². The van der Waals surface area contributed by atoms with Gasteiger partial charge in [0.05, 0.1) is 17.8 Å². The summed E-state index contributed by atoms with van der Waals surface area (Å²) < 4.78 is 5.94. The molecule has 4 nitrogen and oxygen atoms in total. The Balaban J connectivity index is 1.33. The smallest absolute Gasteiger partial charge is 0.307 e. The lowest BCUT2D eigenvalue weighted by atomic mass is 9.93. The van der Waals surface area contributed by atoms with Crippen LogP contribution in [0.5, 0.6) is 5.75 Å². The molecule has 0 saturated carbocycles. The molecule has 1 aliphatic carbocycles. The van der Waals surface area contributed by atoms with E-state index in [1.165, 1.54) is 5.56 Å². The van der Waals surface area contributed by atoms with Gasteiger partial charge in [-0.2, -0.15) is 0 Å². The van der Waals surface area contributed by atoms with Gasteiger partial charge in [-0.15, -0.1) is 0 Å². The van der Waals surface area contributed by atoms with Gasteiger partial charge in [0.1, 0.15) is 12.4 Å². The Morgan fingerprint density at radius 2 is 1.88 bits per heavy atom. The number of pyridine rings is 1. The molecule has 1 N–H and O–H groups in total. The Labute approximate surface area is 188 Å². The first-order valence-corrected chi connectivity index (χ1v) is 10.9. The number of ether oxygens (including phenoxy) is 1. The van der Waals surface area contributed by atoms with Crippen LogP contribution in [0.1, 0.15) is 52.9 Å². The Morgan fingerprint density at radius 1 is 1.09 bits per heavy atom. The van der Waals surface area contributed by atoms with Crippen LogP contribution >= 0.6 is 0 Å².